The second-order valence-electron chi connectivity index (χ2n) is 4.35. The third-order valence-corrected chi connectivity index (χ3v) is 2.64. The number of hydrogen-bond acceptors (Lipinski definition) is 5. The fourth-order valence-corrected chi connectivity index (χ4v) is 1.58. The van der Waals surface area contributed by atoms with E-state index in [9.17, 15) is 4.79 Å². The lowest BCUT2D eigenvalue weighted by molar-refractivity contribution is -0.142. The molecule has 1 aromatic rings. The van der Waals surface area contributed by atoms with Gasteiger partial charge >= 0.3 is 13.1 Å². The Morgan fingerprint density at radius 2 is 2.11 bits per heavy atom. The van der Waals surface area contributed by atoms with Gasteiger partial charge in [-0.25, -0.2) is 0 Å². The molecule has 0 amide bonds. The Hall–Kier alpha value is -1.57. The molecule has 0 saturated carbocycles. The molecule has 6 nitrogen and oxygen atoms in total. The van der Waals surface area contributed by atoms with Crippen LogP contribution in [0.5, 0.6) is 5.75 Å². The Kier molecular flexibility index (Phi) is 4.34. The van der Waals surface area contributed by atoms with Gasteiger partial charge in [-0.05, 0) is 18.6 Å². The Bertz CT molecular complexity index is 447. The summed E-state index contributed by atoms with van der Waals surface area (Å²) in [5, 5.41) is 27.1. The van der Waals surface area contributed by atoms with E-state index in [4.69, 9.17) is 25.6 Å². The minimum Gasteiger partial charge on any atom is -0.497 e. The lowest BCUT2D eigenvalue weighted by atomic mass is 9.78. The van der Waals surface area contributed by atoms with Gasteiger partial charge in [0.25, 0.3) is 0 Å². The lowest BCUT2D eigenvalue weighted by Gasteiger charge is -2.20. The van der Waals surface area contributed by atoms with Crippen LogP contribution in [-0.4, -0.2) is 40.9 Å². The van der Waals surface area contributed by atoms with Crippen LogP contribution in [0.4, 0.5) is 0 Å². The Labute approximate surface area is 105 Å². The Morgan fingerprint density at radius 1 is 1.50 bits per heavy atom. The standard InChI is InChI=1S/C11H16BNO5/c1-11(13,10(14)15)6-7-3-4-8(12(16)17)9(5-7)18-2/h3-5,16-17H,6,13H2,1-2H3,(H,14,15)/t11-/m0/s1. The zero-order valence-corrected chi connectivity index (χ0v) is 10.3. The van der Waals surface area contributed by atoms with Crippen LogP contribution in [0.1, 0.15) is 12.5 Å². The van der Waals surface area contributed by atoms with E-state index in [1.165, 1.54) is 20.1 Å². The van der Waals surface area contributed by atoms with E-state index in [2.05, 4.69) is 0 Å². The summed E-state index contributed by atoms with van der Waals surface area (Å²) < 4.78 is 5.01. The van der Waals surface area contributed by atoms with Crippen molar-refractivity contribution in [3.8, 4) is 5.75 Å². The molecule has 0 aliphatic rings. The van der Waals surface area contributed by atoms with Crippen molar-refractivity contribution in [2.45, 2.75) is 18.9 Å². The molecule has 0 saturated heterocycles. The molecule has 1 atom stereocenters. The molecule has 0 bridgehead atoms. The van der Waals surface area contributed by atoms with Crippen LogP contribution in [-0.2, 0) is 11.2 Å². The van der Waals surface area contributed by atoms with Gasteiger partial charge in [0.05, 0.1) is 7.11 Å². The first-order valence-corrected chi connectivity index (χ1v) is 5.33. The molecule has 0 spiro atoms. The number of hydrogen-bond donors (Lipinski definition) is 4. The van der Waals surface area contributed by atoms with Crippen molar-refractivity contribution in [1.82, 2.24) is 0 Å². The van der Waals surface area contributed by atoms with Gasteiger partial charge in [-0.2, -0.15) is 0 Å². The number of benzene rings is 1. The predicted molar refractivity (Wildman–Crippen MR) is 66.8 cm³/mol. The van der Waals surface area contributed by atoms with Crippen molar-refractivity contribution in [2.24, 2.45) is 5.73 Å². The summed E-state index contributed by atoms with van der Waals surface area (Å²) in [5.74, 6) is -0.823. The highest BCUT2D eigenvalue weighted by Gasteiger charge is 2.28. The van der Waals surface area contributed by atoms with E-state index in [0.29, 0.717) is 5.56 Å². The molecule has 0 aliphatic carbocycles. The molecule has 0 aromatic heterocycles. The van der Waals surface area contributed by atoms with E-state index in [1.54, 1.807) is 12.1 Å². The van der Waals surface area contributed by atoms with Gasteiger partial charge in [-0.15, -0.1) is 0 Å². The Morgan fingerprint density at radius 3 is 2.56 bits per heavy atom. The molecule has 1 aromatic carbocycles. The van der Waals surface area contributed by atoms with Crippen molar-refractivity contribution in [3.63, 3.8) is 0 Å². The lowest BCUT2D eigenvalue weighted by Crippen LogP contribution is -2.46. The molecule has 1 rings (SSSR count). The minimum atomic E-state index is -1.64. The van der Waals surface area contributed by atoms with Crippen LogP contribution in [0.3, 0.4) is 0 Å². The number of rotatable bonds is 5. The predicted octanol–water partition coefficient (Wildman–Crippen LogP) is -1.28. The molecule has 98 valence electrons. The average Bonchev–Trinajstić information content (AvgIpc) is 2.27. The molecular formula is C11H16BNO5. The fourth-order valence-electron chi connectivity index (χ4n) is 1.58. The molecule has 0 fully saturated rings. The average molecular weight is 253 g/mol. The van der Waals surface area contributed by atoms with Crippen LogP contribution in [0.25, 0.3) is 0 Å². The van der Waals surface area contributed by atoms with Gasteiger partial charge < -0.3 is 25.6 Å². The molecule has 0 heterocycles. The van der Waals surface area contributed by atoms with Crippen molar-refractivity contribution in [3.05, 3.63) is 23.8 Å². The quantitative estimate of drug-likeness (QED) is 0.486. The highest BCUT2D eigenvalue weighted by atomic mass is 16.5. The van der Waals surface area contributed by atoms with Gasteiger partial charge in [0.15, 0.2) is 0 Å². The second-order valence-corrected chi connectivity index (χ2v) is 4.35. The second kappa shape index (κ2) is 5.39. The summed E-state index contributed by atoms with van der Waals surface area (Å²) in [6.45, 7) is 1.41. The number of ether oxygens (including phenoxy) is 1. The minimum absolute atomic E-state index is 0.112. The van der Waals surface area contributed by atoms with Gasteiger partial charge in [-0.3, -0.25) is 4.79 Å². The molecular weight excluding hydrogens is 237 g/mol. The number of carbonyl (C=O) groups is 1. The van der Waals surface area contributed by atoms with Crippen LogP contribution in [0, 0.1) is 0 Å². The zero-order chi connectivity index (χ0) is 13.9. The first kappa shape index (κ1) is 14.5. The van der Waals surface area contributed by atoms with Gasteiger partial charge in [-0.1, -0.05) is 12.1 Å². The van der Waals surface area contributed by atoms with Crippen molar-refractivity contribution >= 4 is 18.6 Å². The highest BCUT2D eigenvalue weighted by molar-refractivity contribution is 6.59. The van der Waals surface area contributed by atoms with Crippen LogP contribution in [0.15, 0.2) is 18.2 Å². The summed E-state index contributed by atoms with van der Waals surface area (Å²) in [7, 11) is -0.248. The largest absolute Gasteiger partial charge is 0.497 e. The maximum absolute atomic E-state index is 10.9. The van der Waals surface area contributed by atoms with E-state index >= 15 is 0 Å². The number of nitrogens with two attached hydrogens (primary N) is 1. The van der Waals surface area contributed by atoms with E-state index in [0.717, 1.165) is 0 Å². The monoisotopic (exact) mass is 253 g/mol. The SMILES string of the molecule is COc1cc(C[C@](C)(N)C(=O)O)ccc1B(O)O. The highest BCUT2D eigenvalue weighted by Crippen LogP contribution is 2.16. The topological polar surface area (TPSA) is 113 Å². The van der Waals surface area contributed by atoms with Crippen molar-refractivity contribution in [1.29, 1.82) is 0 Å². The maximum atomic E-state index is 10.9. The van der Waals surface area contributed by atoms with Crippen molar-refractivity contribution in [2.75, 3.05) is 7.11 Å². The summed E-state index contributed by atoms with van der Waals surface area (Å²) >= 11 is 0. The summed E-state index contributed by atoms with van der Waals surface area (Å²) in [4.78, 5) is 10.9. The maximum Gasteiger partial charge on any atom is 0.492 e. The first-order chi connectivity index (χ1) is 8.27. The molecule has 0 unspecified atom stereocenters. The fraction of sp³-hybridized carbons (Fsp3) is 0.364. The normalized spacial score (nSPS) is 13.8. The van der Waals surface area contributed by atoms with Gasteiger partial charge in [0, 0.05) is 11.9 Å². The smallest absolute Gasteiger partial charge is 0.492 e. The van der Waals surface area contributed by atoms with E-state index < -0.39 is 18.6 Å². The molecule has 0 radical (unpaired) electrons. The molecule has 5 N–H and O–H groups in total. The number of carboxylic acids is 1. The van der Waals surface area contributed by atoms with Crippen LogP contribution in [0.2, 0.25) is 0 Å². The van der Waals surface area contributed by atoms with E-state index in [-0.39, 0.29) is 17.6 Å². The number of methoxy groups -OCH3 is 1. The number of carboxylic acid groups (broad SMARTS) is 1. The molecule has 18 heavy (non-hydrogen) atoms. The zero-order valence-electron chi connectivity index (χ0n) is 10.3. The summed E-state index contributed by atoms with van der Waals surface area (Å²) in [6.07, 6.45) is 0.112. The van der Waals surface area contributed by atoms with Crippen LogP contribution < -0.4 is 15.9 Å². The third kappa shape index (κ3) is 3.22. The van der Waals surface area contributed by atoms with E-state index in [1.807, 2.05) is 0 Å². The number of aliphatic carboxylic acids is 1. The van der Waals surface area contributed by atoms with Crippen molar-refractivity contribution < 1.29 is 24.7 Å². The molecule has 7 heteroatoms. The third-order valence-electron chi connectivity index (χ3n) is 2.64. The Balaban J connectivity index is 3.03. The summed E-state index contributed by atoms with van der Waals surface area (Å²) in [6, 6.07) is 4.60. The van der Waals surface area contributed by atoms with Gasteiger partial charge in [0.2, 0.25) is 0 Å². The van der Waals surface area contributed by atoms with Gasteiger partial charge in [0.1, 0.15) is 11.3 Å². The van der Waals surface area contributed by atoms with Crippen LogP contribution >= 0.6 is 0 Å². The molecule has 0 aliphatic heterocycles. The first-order valence-electron chi connectivity index (χ1n) is 5.33. The summed E-state index contributed by atoms with van der Waals surface area (Å²) in [5.41, 5.74) is 5.12.